The number of carbonyl (C=O) groups excluding carboxylic acids is 2. The summed E-state index contributed by atoms with van der Waals surface area (Å²) < 4.78 is 1.72. The summed E-state index contributed by atoms with van der Waals surface area (Å²) in [5.74, 6) is -0.190. The second-order valence-corrected chi connectivity index (χ2v) is 8.52. The standard InChI is InChI=1S/C27H25N5O2/c1-31(17-19-9-11-20(12-10-19)26(33)29-22-13-14-22)27(34)24-18-32(23-7-3-2-4-8-23)30-25(24)21-6-5-15-28-16-21/h2-12,15-16,18,22H,13-14,17H2,1H3,(H,29,33). The third-order valence-corrected chi connectivity index (χ3v) is 5.80. The van der Waals surface area contributed by atoms with Crippen LogP contribution in [0.3, 0.4) is 0 Å². The lowest BCUT2D eigenvalue weighted by Gasteiger charge is -2.17. The Balaban J connectivity index is 1.37. The van der Waals surface area contributed by atoms with Gasteiger partial charge in [-0.2, -0.15) is 5.10 Å². The molecule has 1 aliphatic carbocycles. The zero-order chi connectivity index (χ0) is 23.5. The number of benzene rings is 2. The normalized spacial score (nSPS) is 12.9. The Hall–Kier alpha value is -4.26. The minimum atomic E-state index is -0.142. The number of rotatable bonds is 7. The Bertz CT molecular complexity index is 1300. The fourth-order valence-corrected chi connectivity index (χ4v) is 3.77. The first-order chi connectivity index (χ1) is 16.6. The van der Waals surface area contributed by atoms with Gasteiger partial charge in [-0.1, -0.05) is 30.3 Å². The molecule has 34 heavy (non-hydrogen) atoms. The summed E-state index contributed by atoms with van der Waals surface area (Å²) in [7, 11) is 1.77. The summed E-state index contributed by atoms with van der Waals surface area (Å²) in [6.45, 7) is 0.409. The van der Waals surface area contributed by atoms with Crippen molar-refractivity contribution in [3.63, 3.8) is 0 Å². The number of pyridine rings is 1. The molecule has 1 aliphatic rings. The summed E-state index contributed by atoms with van der Waals surface area (Å²) in [6.07, 6.45) is 7.28. The summed E-state index contributed by atoms with van der Waals surface area (Å²) in [5, 5.41) is 7.70. The van der Waals surface area contributed by atoms with Crippen molar-refractivity contribution >= 4 is 11.8 Å². The van der Waals surface area contributed by atoms with Gasteiger partial charge in [-0.3, -0.25) is 14.6 Å². The third-order valence-electron chi connectivity index (χ3n) is 5.80. The van der Waals surface area contributed by atoms with Crippen LogP contribution in [0.2, 0.25) is 0 Å². The minimum Gasteiger partial charge on any atom is -0.349 e. The summed E-state index contributed by atoms with van der Waals surface area (Å²) in [4.78, 5) is 31.6. The molecule has 1 saturated carbocycles. The molecule has 0 unspecified atom stereocenters. The average Bonchev–Trinajstić information content (AvgIpc) is 3.58. The fraction of sp³-hybridized carbons (Fsp3) is 0.185. The van der Waals surface area contributed by atoms with Crippen molar-refractivity contribution in [3.05, 3.63) is 102 Å². The van der Waals surface area contributed by atoms with Gasteiger partial charge in [0.15, 0.2) is 0 Å². The van der Waals surface area contributed by atoms with E-state index in [2.05, 4.69) is 10.3 Å². The van der Waals surface area contributed by atoms with E-state index in [9.17, 15) is 9.59 Å². The molecule has 4 aromatic rings. The van der Waals surface area contributed by atoms with Crippen LogP contribution in [0.1, 0.15) is 39.1 Å². The molecular formula is C27H25N5O2. The Labute approximate surface area is 198 Å². The summed E-state index contributed by atoms with van der Waals surface area (Å²) in [5.41, 5.74) is 4.31. The number of carbonyl (C=O) groups is 2. The molecular weight excluding hydrogens is 426 g/mol. The van der Waals surface area contributed by atoms with Gasteiger partial charge in [0, 0.05) is 49.4 Å². The molecule has 0 radical (unpaired) electrons. The van der Waals surface area contributed by atoms with E-state index in [1.165, 1.54) is 0 Å². The van der Waals surface area contributed by atoms with Gasteiger partial charge in [0.1, 0.15) is 5.69 Å². The molecule has 0 bridgehead atoms. The van der Waals surface area contributed by atoms with Gasteiger partial charge < -0.3 is 10.2 Å². The van der Waals surface area contributed by atoms with Crippen LogP contribution >= 0.6 is 0 Å². The summed E-state index contributed by atoms with van der Waals surface area (Å²) >= 11 is 0. The number of hydrogen-bond acceptors (Lipinski definition) is 4. The quantitative estimate of drug-likeness (QED) is 0.459. The highest BCUT2D eigenvalue weighted by Gasteiger charge is 2.24. The molecule has 0 aliphatic heterocycles. The largest absolute Gasteiger partial charge is 0.349 e. The van der Waals surface area contributed by atoms with E-state index in [0.29, 0.717) is 29.4 Å². The highest BCUT2D eigenvalue weighted by atomic mass is 16.2. The molecule has 170 valence electrons. The van der Waals surface area contributed by atoms with E-state index in [0.717, 1.165) is 29.7 Å². The number of amides is 2. The van der Waals surface area contributed by atoms with Crippen LogP contribution in [-0.2, 0) is 6.54 Å². The van der Waals surface area contributed by atoms with E-state index >= 15 is 0 Å². The van der Waals surface area contributed by atoms with Crippen molar-refractivity contribution in [1.82, 2.24) is 25.0 Å². The van der Waals surface area contributed by atoms with Gasteiger partial charge in [-0.25, -0.2) is 4.68 Å². The monoisotopic (exact) mass is 451 g/mol. The molecule has 7 heteroatoms. The third kappa shape index (κ3) is 4.73. The Morgan fingerprint density at radius 2 is 1.79 bits per heavy atom. The molecule has 2 amide bonds. The highest BCUT2D eigenvalue weighted by molar-refractivity contribution is 5.99. The second kappa shape index (κ2) is 9.31. The first-order valence-electron chi connectivity index (χ1n) is 11.3. The second-order valence-electron chi connectivity index (χ2n) is 8.52. The number of para-hydroxylation sites is 1. The fourth-order valence-electron chi connectivity index (χ4n) is 3.77. The molecule has 2 heterocycles. The van der Waals surface area contributed by atoms with Crippen molar-refractivity contribution in [1.29, 1.82) is 0 Å². The molecule has 5 rings (SSSR count). The van der Waals surface area contributed by atoms with Crippen molar-refractivity contribution in [2.75, 3.05) is 7.05 Å². The highest BCUT2D eigenvalue weighted by Crippen LogP contribution is 2.25. The maximum Gasteiger partial charge on any atom is 0.257 e. The lowest BCUT2D eigenvalue weighted by Crippen LogP contribution is -2.27. The van der Waals surface area contributed by atoms with E-state index < -0.39 is 0 Å². The molecule has 7 nitrogen and oxygen atoms in total. The lowest BCUT2D eigenvalue weighted by atomic mass is 10.1. The first-order valence-corrected chi connectivity index (χ1v) is 11.3. The van der Waals surface area contributed by atoms with E-state index in [-0.39, 0.29) is 11.8 Å². The van der Waals surface area contributed by atoms with E-state index in [4.69, 9.17) is 5.10 Å². The molecule has 0 saturated heterocycles. The predicted molar refractivity (Wildman–Crippen MR) is 130 cm³/mol. The smallest absolute Gasteiger partial charge is 0.257 e. The van der Waals surface area contributed by atoms with Gasteiger partial charge >= 0.3 is 0 Å². The van der Waals surface area contributed by atoms with Gasteiger partial charge in [0.05, 0.1) is 11.3 Å². The number of hydrogen-bond donors (Lipinski definition) is 1. The zero-order valence-electron chi connectivity index (χ0n) is 18.9. The first kappa shape index (κ1) is 21.6. The van der Waals surface area contributed by atoms with Crippen molar-refractivity contribution in [3.8, 4) is 16.9 Å². The number of nitrogens with one attached hydrogen (secondary N) is 1. The van der Waals surface area contributed by atoms with Gasteiger partial charge in [0.2, 0.25) is 0 Å². The van der Waals surface area contributed by atoms with Crippen LogP contribution < -0.4 is 5.32 Å². The van der Waals surface area contributed by atoms with Gasteiger partial charge in [0.25, 0.3) is 11.8 Å². The van der Waals surface area contributed by atoms with Crippen molar-refractivity contribution < 1.29 is 9.59 Å². The topological polar surface area (TPSA) is 80.1 Å². The SMILES string of the molecule is CN(Cc1ccc(C(=O)NC2CC2)cc1)C(=O)c1cn(-c2ccccc2)nc1-c1cccnc1. The van der Waals surface area contributed by atoms with Crippen LogP contribution in [0, 0.1) is 0 Å². The van der Waals surface area contributed by atoms with Crippen LogP contribution in [0.4, 0.5) is 0 Å². The van der Waals surface area contributed by atoms with Crippen LogP contribution in [0.15, 0.2) is 85.3 Å². The molecule has 0 spiro atoms. The lowest BCUT2D eigenvalue weighted by molar-refractivity contribution is 0.0785. The van der Waals surface area contributed by atoms with Crippen molar-refractivity contribution in [2.45, 2.75) is 25.4 Å². The zero-order valence-corrected chi connectivity index (χ0v) is 18.9. The van der Waals surface area contributed by atoms with Gasteiger partial charge in [-0.05, 0) is 54.8 Å². The molecule has 1 N–H and O–H groups in total. The maximum atomic E-state index is 13.5. The molecule has 0 atom stereocenters. The molecule has 2 aromatic carbocycles. The molecule has 2 aromatic heterocycles. The van der Waals surface area contributed by atoms with Crippen LogP contribution in [-0.4, -0.2) is 44.6 Å². The average molecular weight is 452 g/mol. The number of nitrogens with zero attached hydrogens (tertiary/aromatic N) is 4. The van der Waals surface area contributed by atoms with Crippen molar-refractivity contribution in [2.24, 2.45) is 0 Å². The Morgan fingerprint density at radius 1 is 1.03 bits per heavy atom. The summed E-state index contributed by atoms with van der Waals surface area (Å²) in [6, 6.07) is 21.1. The number of aromatic nitrogens is 3. The minimum absolute atomic E-state index is 0.0482. The van der Waals surface area contributed by atoms with E-state index in [1.54, 1.807) is 47.4 Å². The maximum absolute atomic E-state index is 13.5. The van der Waals surface area contributed by atoms with E-state index in [1.807, 2.05) is 54.6 Å². The van der Waals surface area contributed by atoms with Crippen LogP contribution in [0.5, 0.6) is 0 Å². The Kier molecular flexibility index (Phi) is 5.91. The van der Waals surface area contributed by atoms with Gasteiger partial charge in [-0.15, -0.1) is 0 Å². The van der Waals surface area contributed by atoms with Crippen LogP contribution in [0.25, 0.3) is 16.9 Å². The predicted octanol–water partition coefficient (Wildman–Crippen LogP) is 4.10. The molecule has 1 fully saturated rings. The Morgan fingerprint density at radius 3 is 2.47 bits per heavy atom.